The number of benzene rings is 1. The van der Waals surface area contributed by atoms with E-state index in [9.17, 15) is 0 Å². The van der Waals surface area contributed by atoms with Crippen molar-refractivity contribution >= 4 is 0 Å². The molecule has 0 aromatic heterocycles. The molecular weight excluding hydrogens is 188 g/mol. The minimum Gasteiger partial charge on any atom is -0.476 e. The second kappa shape index (κ2) is 5.38. The monoisotopic (exact) mass is 204 g/mol. The SMILES string of the molecule is CC[C@H](N)c1ccccc1OC(C)C#N. The molecule has 0 radical (unpaired) electrons. The molecule has 1 unspecified atom stereocenters. The highest BCUT2D eigenvalue weighted by atomic mass is 16.5. The molecule has 1 aromatic carbocycles. The molecule has 0 heterocycles. The fourth-order valence-electron chi connectivity index (χ4n) is 1.33. The number of rotatable bonds is 4. The number of hydrogen-bond donors (Lipinski definition) is 1. The van der Waals surface area contributed by atoms with Crippen LogP contribution in [0.3, 0.4) is 0 Å². The molecule has 2 N–H and O–H groups in total. The number of nitrogens with zero attached hydrogens (tertiary/aromatic N) is 1. The molecule has 2 atom stereocenters. The summed E-state index contributed by atoms with van der Waals surface area (Å²) in [5.41, 5.74) is 6.91. The first-order valence-corrected chi connectivity index (χ1v) is 5.09. The molecule has 3 nitrogen and oxygen atoms in total. The van der Waals surface area contributed by atoms with Gasteiger partial charge in [-0.25, -0.2) is 0 Å². The average Bonchev–Trinajstić information content (AvgIpc) is 2.28. The van der Waals surface area contributed by atoms with Crippen LogP contribution in [0.25, 0.3) is 0 Å². The first kappa shape index (κ1) is 11.5. The van der Waals surface area contributed by atoms with E-state index in [4.69, 9.17) is 15.7 Å². The number of nitrogens with two attached hydrogens (primary N) is 1. The lowest BCUT2D eigenvalue weighted by Crippen LogP contribution is -2.14. The summed E-state index contributed by atoms with van der Waals surface area (Å²) in [6.45, 7) is 3.74. The Morgan fingerprint density at radius 2 is 2.13 bits per heavy atom. The minimum atomic E-state index is -0.449. The fraction of sp³-hybridized carbons (Fsp3) is 0.417. The molecule has 0 saturated carbocycles. The Labute approximate surface area is 90.5 Å². The third kappa shape index (κ3) is 2.97. The molecule has 0 aliphatic rings. The van der Waals surface area contributed by atoms with Gasteiger partial charge in [0.25, 0.3) is 0 Å². The van der Waals surface area contributed by atoms with Crippen molar-refractivity contribution in [3.05, 3.63) is 29.8 Å². The Morgan fingerprint density at radius 3 is 2.73 bits per heavy atom. The predicted octanol–water partition coefficient (Wildman–Crippen LogP) is 2.39. The van der Waals surface area contributed by atoms with E-state index in [1.165, 1.54) is 0 Å². The smallest absolute Gasteiger partial charge is 0.181 e. The molecule has 0 bridgehead atoms. The molecule has 0 amide bonds. The zero-order valence-corrected chi connectivity index (χ0v) is 9.10. The summed E-state index contributed by atoms with van der Waals surface area (Å²) in [7, 11) is 0. The molecule has 0 aliphatic carbocycles. The van der Waals surface area contributed by atoms with E-state index < -0.39 is 6.10 Å². The van der Waals surface area contributed by atoms with Gasteiger partial charge < -0.3 is 10.5 Å². The highest BCUT2D eigenvalue weighted by molar-refractivity contribution is 5.36. The molecule has 0 spiro atoms. The zero-order chi connectivity index (χ0) is 11.3. The second-order valence-corrected chi connectivity index (χ2v) is 3.44. The van der Waals surface area contributed by atoms with Crippen molar-refractivity contribution in [1.82, 2.24) is 0 Å². The van der Waals surface area contributed by atoms with Crippen LogP contribution in [0.2, 0.25) is 0 Å². The van der Waals surface area contributed by atoms with Gasteiger partial charge in [0.1, 0.15) is 11.8 Å². The van der Waals surface area contributed by atoms with Gasteiger partial charge in [0, 0.05) is 11.6 Å². The van der Waals surface area contributed by atoms with E-state index in [2.05, 4.69) is 0 Å². The van der Waals surface area contributed by atoms with Crippen LogP contribution < -0.4 is 10.5 Å². The summed E-state index contributed by atoms with van der Waals surface area (Å²) >= 11 is 0. The third-order valence-electron chi connectivity index (χ3n) is 2.24. The minimum absolute atomic E-state index is 0.0351. The Balaban J connectivity index is 2.92. The Hall–Kier alpha value is -1.53. The summed E-state index contributed by atoms with van der Waals surface area (Å²) in [4.78, 5) is 0. The number of nitriles is 1. The topological polar surface area (TPSA) is 59.0 Å². The van der Waals surface area contributed by atoms with Gasteiger partial charge in [-0.1, -0.05) is 25.1 Å². The Morgan fingerprint density at radius 1 is 1.47 bits per heavy atom. The molecular formula is C12H16N2O. The number of ether oxygens (including phenoxy) is 1. The molecule has 15 heavy (non-hydrogen) atoms. The van der Waals surface area contributed by atoms with Crippen LogP contribution in [-0.2, 0) is 0 Å². The van der Waals surface area contributed by atoms with E-state index in [0.29, 0.717) is 5.75 Å². The Kier molecular flexibility index (Phi) is 4.14. The van der Waals surface area contributed by atoms with Crippen LogP contribution in [0.5, 0.6) is 5.75 Å². The van der Waals surface area contributed by atoms with Gasteiger partial charge in [0.2, 0.25) is 0 Å². The number of para-hydroxylation sites is 1. The van der Waals surface area contributed by atoms with E-state index in [1.807, 2.05) is 37.3 Å². The van der Waals surface area contributed by atoms with E-state index in [-0.39, 0.29) is 6.04 Å². The maximum atomic E-state index is 8.68. The fourth-order valence-corrected chi connectivity index (χ4v) is 1.33. The van der Waals surface area contributed by atoms with Gasteiger partial charge >= 0.3 is 0 Å². The van der Waals surface area contributed by atoms with Crippen molar-refractivity contribution < 1.29 is 4.74 Å². The van der Waals surface area contributed by atoms with Crippen molar-refractivity contribution in [1.29, 1.82) is 5.26 Å². The summed E-state index contributed by atoms with van der Waals surface area (Å²) in [5, 5.41) is 8.68. The van der Waals surface area contributed by atoms with Crippen molar-refractivity contribution in [3.8, 4) is 11.8 Å². The van der Waals surface area contributed by atoms with Crippen molar-refractivity contribution in [2.75, 3.05) is 0 Å². The van der Waals surface area contributed by atoms with Gasteiger partial charge in [-0.2, -0.15) is 5.26 Å². The van der Waals surface area contributed by atoms with Crippen LogP contribution in [0.15, 0.2) is 24.3 Å². The molecule has 0 saturated heterocycles. The quantitative estimate of drug-likeness (QED) is 0.819. The van der Waals surface area contributed by atoms with Gasteiger partial charge in [0.05, 0.1) is 0 Å². The highest BCUT2D eigenvalue weighted by Crippen LogP contribution is 2.25. The van der Waals surface area contributed by atoms with Gasteiger partial charge in [-0.05, 0) is 19.4 Å². The van der Waals surface area contributed by atoms with Crippen LogP contribution in [0.1, 0.15) is 31.9 Å². The average molecular weight is 204 g/mol. The summed E-state index contributed by atoms with van der Waals surface area (Å²) < 4.78 is 5.48. The maximum Gasteiger partial charge on any atom is 0.181 e. The van der Waals surface area contributed by atoms with E-state index >= 15 is 0 Å². The Bertz CT molecular complexity index is 357. The molecule has 1 rings (SSSR count). The molecule has 0 fully saturated rings. The van der Waals surface area contributed by atoms with Gasteiger partial charge in [-0.15, -0.1) is 0 Å². The van der Waals surface area contributed by atoms with Crippen LogP contribution in [0.4, 0.5) is 0 Å². The predicted molar refractivity (Wildman–Crippen MR) is 59.4 cm³/mol. The lowest BCUT2D eigenvalue weighted by atomic mass is 10.0. The maximum absolute atomic E-state index is 8.68. The number of hydrogen-bond acceptors (Lipinski definition) is 3. The van der Waals surface area contributed by atoms with Crippen molar-refractivity contribution in [3.63, 3.8) is 0 Å². The molecule has 1 aromatic rings. The molecule has 80 valence electrons. The third-order valence-corrected chi connectivity index (χ3v) is 2.24. The van der Waals surface area contributed by atoms with Crippen LogP contribution in [0, 0.1) is 11.3 Å². The standard InChI is InChI=1S/C12H16N2O/c1-3-11(14)10-6-4-5-7-12(10)15-9(2)8-13/h4-7,9,11H,3,14H2,1-2H3/t9?,11-/m0/s1. The summed E-state index contributed by atoms with van der Waals surface area (Å²) in [6, 6.07) is 9.59. The normalized spacial score (nSPS) is 14.0. The summed E-state index contributed by atoms with van der Waals surface area (Å²) in [5.74, 6) is 0.709. The molecule has 0 aliphatic heterocycles. The second-order valence-electron chi connectivity index (χ2n) is 3.44. The summed E-state index contributed by atoms with van der Waals surface area (Å²) in [6.07, 6.45) is 0.400. The first-order valence-electron chi connectivity index (χ1n) is 5.09. The lowest BCUT2D eigenvalue weighted by molar-refractivity contribution is 0.272. The highest BCUT2D eigenvalue weighted by Gasteiger charge is 2.11. The zero-order valence-electron chi connectivity index (χ0n) is 9.10. The first-order chi connectivity index (χ1) is 7.19. The van der Waals surface area contributed by atoms with Crippen LogP contribution in [-0.4, -0.2) is 6.10 Å². The van der Waals surface area contributed by atoms with Crippen molar-refractivity contribution in [2.24, 2.45) is 5.73 Å². The van der Waals surface area contributed by atoms with Crippen LogP contribution >= 0.6 is 0 Å². The molecule has 3 heteroatoms. The van der Waals surface area contributed by atoms with Gasteiger partial charge in [-0.3, -0.25) is 0 Å². The lowest BCUT2D eigenvalue weighted by Gasteiger charge is -2.16. The van der Waals surface area contributed by atoms with E-state index in [0.717, 1.165) is 12.0 Å². The van der Waals surface area contributed by atoms with Crippen molar-refractivity contribution in [2.45, 2.75) is 32.4 Å². The van der Waals surface area contributed by atoms with E-state index in [1.54, 1.807) is 6.92 Å². The largest absolute Gasteiger partial charge is 0.476 e. The van der Waals surface area contributed by atoms with Gasteiger partial charge in [0.15, 0.2) is 6.10 Å².